The number of rotatable bonds is 5. The van der Waals surface area contributed by atoms with Crippen molar-refractivity contribution in [1.29, 1.82) is 0 Å². The largest absolute Gasteiger partial charge is 0.443 e. The number of carbonyl (C=O) groups is 2. The minimum atomic E-state index is -4.13. The van der Waals surface area contributed by atoms with Gasteiger partial charge < -0.3 is 10.1 Å². The van der Waals surface area contributed by atoms with Crippen molar-refractivity contribution in [3.8, 4) is 0 Å². The lowest BCUT2D eigenvalue weighted by Gasteiger charge is -2.25. The van der Waals surface area contributed by atoms with Crippen molar-refractivity contribution < 1.29 is 27.3 Å². The molecule has 0 aliphatic heterocycles. The lowest BCUT2D eigenvalue weighted by molar-refractivity contribution is 0.0589. The van der Waals surface area contributed by atoms with Gasteiger partial charge in [0.15, 0.2) is 0 Å². The Balaban J connectivity index is 2.82. The molecule has 140 valence electrons. The van der Waals surface area contributed by atoms with E-state index in [1.165, 1.54) is 11.0 Å². The van der Waals surface area contributed by atoms with Gasteiger partial charge in [0, 0.05) is 22.7 Å². The molecule has 0 atom stereocenters. The second-order valence-corrected chi connectivity index (χ2v) is 8.98. The van der Waals surface area contributed by atoms with Crippen LogP contribution in [0.1, 0.15) is 31.1 Å². The Hall–Kier alpha value is -1.40. The number of carbonyl (C=O) groups excluding carboxylic acids is 2. The molecule has 2 amide bonds. The molecule has 10 heteroatoms. The summed E-state index contributed by atoms with van der Waals surface area (Å²) >= 11 is 1.99. The third-order valence-electron chi connectivity index (χ3n) is 2.88. The monoisotopic (exact) mass is 484 g/mol. The minimum absolute atomic E-state index is 0.201. The number of nitrogens with one attached hydrogen (secondary N) is 1. The first-order valence-electron chi connectivity index (χ1n) is 7.30. The molecule has 0 heterocycles. The van der Waals surface area contributed by atoms with Gasteiger partial charge in [-0.1, -0.05) is 0 Å². The van der Waals surface area contributed by atoms with Crippen LogP contribution in [0.2, 0.25) is 0 Å². The maximum Gasteiger partial charge on any atom is 0.414 e. The molecule has 25 heavy (non-hydrogen) atoms. The summed E-state index contributed by atoms with van der Waals surface area (Å²) in [6.07, 6.45) is -0.518. The van der Waals surface area contributed by atoms with Gasteiger partial charge in [0.2, 0.25) is 0 Å². The molecule has 0 spiro atoms. The number of nitrogens with zero attached hydrogens (tertiary/aromatic N) is 1. The molecule has 1 aromatic carbocycles. The third-order valence-corrected chi connectivity index (χ3v) is 4.47. The smallest absolute Gasteiger partial charge is 0.414 e. The summed E-state index contributed by atoms with van der Waals surface area (Å²) in [6.45, 7) is 5.10. The van der Waals surface area contributed by atoms with Gasteiger partial charge in [-0.3, -0.25) is 14.2 Å². The molecule has 0 aliphatic rings. The van der Waals surface area contributed by atoms with Crippen LogP contribution in [0.5, 0.6) is 0 Å². The van der Waals surface area contributed by atoms with E-state index >= 15 is 0 Å². The summed E-state index contributed by atoms with van der Waals surface area (Å²) < 4.78 is 35.9. The predicted octanol–water partition coefficient (Wildman–Crippen LogP) is 2.28. The van der Waals surface area contributed by atoms with Crippen molar-refractivity contribution >= 4 is 50.4 Å². The molecule has 1 rings (SSSR count). The summed E-state index contributed by atoms with van der Waals surface area (Å²) in [4.78, 5) is 25.4. The molecule has 0 aliphatic carbocycles. The SMILES string of the molecule is CN(C(=O)OC(C)(C)C)c1ccc(C(=O)NCCS(=O)(=O)O)cc1I. The molecule has 0 fully saturated rings. The van der Waals surface area contributed by atoms with Crippen molar-refractivity contribution in [3.63, 3.8) is 0 Å². The van der Waals surface area contributed by atoms with Crippen LogP contribution in [0.4, 0.5) is 10.5 Å². The number of benzene rings is 1. The second kappa shape index (κ2) is 8.32. The average molecular weight is 484 g/mol. The highest BCUT2D eigenvalue weighted by atomic mass is 127. The lowest BCUT2D eigenvalue weighted by atomic mass is 10.2. The lowest BCUT2D eigenvalue weighted by Crippen LogP contribution is -2.34. The van der Waals surface area contributed by atoms with Gasteiger partial charge in [-0.2, -0.15) is 8.42 Å². The number of anilines is 1. The third kappa shape index (κ3) is 7.57. The van der Waals surface area contributed by atoms with E-state index in [-0.39, 0.29) is 6.54 Å². The normalized spacial score (nSPS) is 11.8. The fourth-order valence-electron chi connectivity index (χ4n) is 1.74. The molecule has 2 N–H and O–H groups in total. The maximum atomic E-state index is 12.1. The highest BCUT2D eigenvalue weighted by Crippen LogP contribution is 2.24. The average Bonchev–Trinajstić information content (AvgIpc) is 2.43. The molecular formula is C15H21IN2O6S. The first kappa shape index (κ1) is 21.6. The van der Waals surface area contributed by atoms with Crippen LogP contribution in [0.25, 0.3) is 0 Å². The van der Waals surface area contributed by atoms with Crippen LogP contribution in [0.15, 0.2) is 18.2 Å². The zero-order valence-electron chi connectivity index (χ0n) is 14.4. The summed E-state index contributed by atoms with van der Waals surface area (Å²) in [6, 6.07) is 4.68. The summed E-state index contributed by atoms with van der Waals surface area (Å²) in [5, 5.41) is 2.40. The Bertz CT molecular complexity index is 758. The van der Waals surface area contributed by atoms with Crippen LogP contribution in [0, 0.1) is 3.57 Å². The maximum absolute atomic E-state index is 12.1. The van der Waals surface area contributed by atoms with Gasteiger partial charge in [-0.15, -0.1) is 0 Å². The molecular weight excluding hydrogens is 463 g/mol. The summed E-state index contributed by atoms with van der Waals surface area (Å²) in [5.41, 5.74) is 0.259. The molecule has 8 nitrogen and oxygen atoms in total. The molecule has 0 saturated heterocycles. The van der Waals surface area contributed by atoms with Crippen LogP contribution in [0.3, 0.4) is 0 Å². The number of halogens is 1. The summed E-state index contributed by atoms with van der Waals surface area (Å²) in [5.74, 6) is -1.04. The first-order valence-corrected chi connectivity index (χ1v) is 9.98. The molecule has 0 bridgehead atoms. The van der Waals surface area contributed by atoms with Crippen LogP contribution in [-0.4, -0.2) is 49.9 Å². The van der Waals surface area contributed by atoms with Crippen molar-refractivity contribution in [1.82, 2.24) is 5.32 Å². The Morgan fingerprint density at radius 2 is 1.92 bits per heavy atom. The van der Waals surface area contributed by atoms with Gasteiger partial charge in [0.05, 0.1) is 11.4 Å². The first-order chi connectivity index (χ1) is 11.3. The summed E-state index contributed by atoms with van der Waals surface area (Å²) in [7, 11) is -2.56. The fourth-order valence-corrected chi connectivity index (χ4v) is 2.98. The van der Waals surface area contributed by atoms with Gasteiger partial charge >= 0.3 is 6.09 Å². The van der Waals surface area contributed by atoms with Crippen LogP contribution < -0.4 is 10.2 Å². The van der Waals surface area contributed by atoms with E-state index in [0.29, 0.717) is 14.8 Å². The van der Waals surface area contributed by atoms with E-state index in [1.54, 1.807) is 40.0 Å². The van der Waals surface area contributed by atoms with E-state index in [2.05, 4.69) is 5.32 Å². The van der Waals surface area contributed by atoms with E-state index in [1.807, 2.05) is 22.6 Å². The molecule has 0 unspecified atom stereocenters. The van der Waals surface area contributed by atoms with Crippen molar-refractivity contribution in [2.75, 3.05) is 24.2 Å². The number of amides is 2. The number of hydrogen-bond donors (Lipinski definition) is 2. The topological polar surface area (TPSA) is 113 Å². The zero-order chi connectivity index (χ0) is 19.4. The van der Waals surface area contributed by atoms with Gasteiger partial charge in [0.1, 0.15) is 5.60 Å². The molecule has 0 saturated carbocycles. The van der Waals surface area contributed by atoms with Crippen LogP contribution >= 0.6 is 22.6 Å². The van der Waals surface area contributed by atoms with Crippen molar-refractivity contribution in [2.24, 2.45) is 0 Å². The standard InChI is InChI=1S/C15H21IN2O6S/c1-15(2,3)24-14(20)18(4)12-6-5-10(9-11(12)16)13(19)17-7-8-25(21,22)23/h5-6,9H,7-8H2,1-4H3,(H,17,19)(H,21,22,23). The van der Waals surface area contributed by atoms with Crippen LogP contribution in [-0.2, 0) is 14.9 Å². The Kier molecular flexibility index (Phi) is 7.20. The van der Waals surface area contributed by atoms with Crippen molar-refractivity contribution in [3.05, 3.63) is 27.3 Å². The minimum Gasteiger partial charge on any atom is -0.443 e. The van der Waals surface area contributed by atoms with Gasteiger partial charge in [0.25, 0.3) is 16.0 Å². The van der Waals surface area contributed by atoms with Crippen molar-refractivity contribution in [2.45, 2.75) is 26.4 Å². The van der Waals surface area contributed by atoms with Gasteiger partial charge in [-0.25, -0.2) is 4.79 Å². The molecule has 1 aromatic rings. The van der Waals surface area contributed by atoms with E-state index < -0.39 is 33.5 Å². The Labute approximate surface area is 160 Å². The zero-order valence-corrected chi connectivity index (χ0v) is 17.3. The Morgan fingerprint density at radius 1 is 1.32 bits per heavy atom. The van der Waals surface area contributed by atoms with E-state index in [4.69, 9.17) is 9.29 Å². The highest BCUT2D eigenvalue weighted by molar-refractivity contribution is 14.1. The second-order valence-electron chi connectivity index (χ2n) is 6.25. The number of hydrogen-bond acceptors (Lipinski definition) is 5. The highest BCUT2D eigenvalue weighted by Gasteiger charge is 2.22. The molecule has 0 radical (unpaired) electrons. The Morgan fingerprint density at radius 3 is 2.40 bits per heavy atom. The van der Waals surface area contributed by atoms with E-state index in [0.717, 1.165) is 0 Å². The van der Waals surface area contributed by atoms with Gasteiger partial charge in [-0.05, 0) is 61.6 Å². The predicted molar refractivity (Wildman–Crippen MR) is 103 cm³/mol. The number of ether oxygens (including phenoxy) is 1. The van der Waals surface area contributed by atoms with E-state index in [9.17, 15) is 18.0 Å². The quantitative estimate of drug-likeness (QED) is 0.490. The fraction of sp³-hybridized carbons (Fsp3) is 0.467. The molecule has 0 aromatic heterocycles.